The first-order chi connectivity index (χ1) is 13.8. The summed E-state index contributed by atoms with van der Waals surface area (Å²) in [6.45, 7) is 1.59. The molecule has 1 aromatic carbocycles. The second-order valence-corrected chi connectivity index (χ2v) is 7.07. The molecule has 0 saturated carbocycles. The Balaban J connectivity index is 1.29. The zero-order valence-corrected chi connectivity index (χ0v) is 15.7. The topological polar surface area (TPSA) is 86.8 Å². The quantitative estimate of drug-likeness (QED) is 0.662. The minimum atomic E-state index is 0.106. The first-order valence-corrected chi connectivity index (χ1v) is 9.68. The molecule has 1 amide bonds. The molecule has 1 aliphatic rings. The van der Waals surface area contributed by atoms with Crippen LogP contribution in [-0.2, 0) is 11.2 Å². The van der Waals surface area contributed by atoms with Crippen LogP contribution in [0.25, 0.3) is 11.3 Å². The monoisotopic (exact) mass is 376 g/mol. The lowest BCUT2D eigenvalue weighted by Gasteiger charge is -2.17. The molecule has 0 radical (unpaired) electrons. The fourth-order valence-corrected chi connectivity index (χ4v) is 3.50. The Labute approximate surface area is 164 Å². The maximum Gasteiger partial charge on any atom is 0.225 e. The number of carbonyl (C=O) groups excluding carboxylic acids is 1. The van der Waals surface area contributed by atoms with E-state index >= 15 is 0 Å². The lowest BCUT2D eigenvalue weighted by atomic mass is 10.1. The molecule has 2 N–H and O–H groups in total. The number of H-pyrrole nitrogens is 1. The third-order valence-electron chi connectivity index (χ3n) is 4.97. The number of rotatable bonds is 7. The molecule has 28 heavy (non-hydrogen) atoms. The summed E-state index contributed by atoms with van der Waals surface area (Å²) in [5, 5.41) is 9.86. The number of hydrogen-bond acceptors (Lipinski definition) is 5. The molecule has 3 heterocycles. The van der Waals surface area contributed by atoms with Crippen molar-refractivity contribution in [2.45, 2.75) is 31.7 Å². The van der Waals surface area contributed by atoms with E-state index in [2.05, 4.69) is 25.4 Å². The number of aromatic amines is 1. The van der Waals surface area contributed by atoms with E-state index in [9.17, 15) is 4.79 Å². The Morgan fingerprint density at radius 3 is 2.96 bits per heavy atom. The number of benzene rings is 1. The zero-order chi connectivity index (χ0) is 19.2. The molecule has 3 aromatic rings. The molecule has 0 aliphatic carbocycles. The summed E-state index contributed by atoms with van der Waals surface area (Å²) in [6.07, 6.45) is 8.60. The number of amides is 1. The van der Waals surface area contributed by atoms with E-state index in [1.54, 1.807) is 12.4 Å². The second-order valence-electron chi connectivity index (χ2n) is 7.07. The van der Waals surface area contributed by atoms with E-state index in [0.29, 0.717) is 6.42 Å². The van der Waals surface area contributed by atoms with Crippen LogP contribution in [0.2, 0.25) is 0 Å². The Hall–Kier alpha value is -3.22. The molecule has 7 nitrogen and oxygen atoms in total. The summed E-state index contributed by atoms with van der Waals surface area (Å²) in [6, 6.07) is 12.2. The van der Waals surface area contributed by atoms with Gasteiger partial charge in [-0.1, -0.05) is 30.3 Å². The van der Waals surface area contributed by atoms with Gasteiger partial charge in [-0.25, -0.2) is 9.97 Å². The van der Waals surface area contributed by atoms with Gasteiger partial charge in [-0.15, -0.1) is 0 Å². The Morgan fingerprint density at radius 2 is 2.14 bits per heavy atom. The minimum absolute atomic E-state index is 0.106. The normalized spacial score (nSPS) is 16.3. The fraction of sp³-hybridized carbons (Fsp3) is 0.333. The molecule has 1 unspecified atom stereocenters. The van der Waals surface area contributed by atoms with Crippen LogP contribution >= 0.6 is 0 Å². The van der Waals surface area contributed by atoms with Gasteiger partial charge in [-0.05, 0) is 30.9 Å². The third-order valence-corrected chi connectivity index (χ3v) is 4.97. The summed E-state index contributed by atoms with van der Waals surface area (Å²) < 4.78 is 0. The van der Waals surface area contributed by atoms with Crippen LogP contribution in [-0.4, -0.2) is 45.2 Å². The fourth-order valence-electron chi connectivity index (χ4n) is 3.50. The van der Waals surface area contributed by atoms with E-state index in [1.165, 1.54) is 0 Å². The molecule has 2 aromatic heterocycles. The summed E-state index contributed by atoms with van der Waals surface area (Å²) in [5.74, 6) is 0.826. The van der Waals surface area contributed by atoms with Crippen LogP contribution in [0.3, 0.4) is 0 Å². The van der Waals surface area contributed by atoms with Crippen LogP contribution < -0.4 is 10.2 Å². The molecule has 0 spiro atoms. The van der Waals surface area contributed by atoms with Crippen molar-refractivity contribution in [3.8, 4) is 11.3 Å². The molecular formula is C21H24N6O. The number of anilines is 1. The largest absolute Gasteiger partial charge is 0.352 e. The number of aryl methyl sites for hydroxylation is 1. The van der Waals surface area contributed by atoms with Crippen LogP contribution in [0.4, 0.5) is 5.95 Å². The van der Waals surface area contributed by atoms with Gasteiger partial charge in [-0.3, -0.25) is 9.89 Å². The molecule has 4 rings (SSSR count). The molecule has 1 fully saturated rings. The van der Waals surface area contributed by atoms with Gasteiger partial charge in [0.2, 0.25) is 11.9 Å². The zero-order valence-electron chi connectivity index (χ0n) is 15.7. The SMILES string of the molecule is O=C(CCCc1cn[nH]c1)NC1CCN(c2nccc(-c3ccccc3)n2)C1. The van der Waals surface area contributed by atoms with Crippen LogP contribution in [0.1, 0.15) is 24.8 Å². The molecule has 0 bridgehead atoms. The molecular weight excluding hydrogens is 352 g/mol. The van der Waals surface area contributed by atoms with E-state index in [0.717, 1.165) is 55.1 Å². The van der Waals surface area contributed by atoms with E-state index in [-0.39, 0.29) is 11.9 Å². The molecule has 1 atom stereocenters. The van der Waals surface area contributed by atoms with Crippen molar-refractivity contribution in [1.29, 1.82) is 0 Å². The second kappa shape index (κ2) is 8.65. The van der Waals surface area contributed by atoms with Crippen molar-refractivity contribution in [2.24, 2.45) is 0 Å². The molecule has 1 aliphatic heterocycles. The summed E-state index contributed by atoms with van der Waals surface area (Å²) in [5.41, 5.74) is 3.13. The number of nitrogens with one attached hydrogen (secondary N) is 2. The smallest absolute Gasteiger partial charge is 0.225 e. The summed E-state index contributed by atoms with van der Waals surface area (Å²) >= 11 is 0. The van der Waals surface area contributed by atoms with Crippen LogP contribution in [0.15, 0.2) is 55.0 Å². The minimum Gasteiger partial charge on any atom is -0.352 e. The van der Waals surface area contributed by atoms with Gasteiger partial charge in [0.25, 0.3) is 0 Å². The van der Waals surface area contributed by atoms with Crippen LogP contribution in [0.5, 0.6) is 0 Å². The highest BCUT2D eigenvalue weighted by atomic mass is 16.1. The summed E-state index contributed by atoms with van der Waals surface area (Å²) in [4.78, 5) is 23.5. The Kier molecular flexibility index (Phi) is 5.61. The first-order valence-electron chi connectivity index (χ1n) is 9.68. The predicted octanol–water partition coefficient (Wildman–Crippen LogP) is 2.58. The highest BCUT2D eigenvalue weighted by molar-refractivity contribution is 5.76. The third kappa shape index (κ3) is 4.54. The lowest BCUT2D eigenvalue weighted by molar-refractivity contribution is -0.121. The maximum absolute atomic E-state index is 12.2. The Morgan fingerprint density at radius 1 is 1.25 bits per heavy atom. The van der Waals surface area contributed by atoms with Crippen molar-refractivity contribution in [3.63, 3.8) is 0 Å². The maximum atomic E-state index is 12.2. The van der Waals surface area contributed by atoms with E-state index < -0.39 is 0 Å². The van der Waals surface area contributed by atoms with Gasteiger partial charge in [0.05, 0.1) is 11.9 Å². The van der Waals surface area contributed by atoms with Gasteiger partial charge in [0.15, 0.2) is 0 Å². The van der Waals surface area contributed by atoms with Crippen LogP contribution in [0, 0.1) is 0 Å². The van der Waals surface area contributed by atoms with Crippen molar-refractivity contribution in [1.82, 2.24) is 25.5 Å². The standard InChI is InChI=1S/C21H24N6O/c28-20(8-4-5-16-13-23-24-14-16)25-18-10-12-27(15-18)21-22-11-9-19(26-21)17-6-2-1-3-7-17/h1-3,6-7,9,11,13-14,18H,4-5,8,10,12,15H2,(H,23,24)(H,25,28). The van der Waals surface area contributed by atoms with Gasteiger partial charge >= 0.3 is 0 Å². The van der Waals surface area contributed by atoms with Crippen molar-refractivity contribution >= 4 is 11.9 Å². The van der Waals surface area contributed by atoms with Gasteiger partial charge in [0.1, 0.15) is 0 Å². The average Bonchev–Trinajstić information content (AvgIpc) is 3.41. The number of aromatic nitrogens is 4. The van der Waals surface area contributed by atoms with E-state index in [1.807, 2.05) is 42.6 Å². The molecule has 144 valence electrons. The number of nitrogens with zero attached hydrogens (tertiary/aromatic N) is 4. The Bertz CT molecular complexity index is 896. The highest BCUT2D eigenvalue weighted by Crippen LogP contribution is 2.21. The van der Waals surface area contributed by atoms with Crippen molar-refractivity contribution in [3.05, 3.63) is 60.6 Å². The van der Waals surface area contributed by atoms with Crippen molar-refractivity contribution < 1.29 is 4.79 Å². The summed E-state index contributed by atoms with van der Waals surface area (Å²) in [7, 11) is 0. The molecule has 7 heteroatoms. The first kappa shape index (κ1) is 18.2. The van der Waals surface area contributed by atoms with Gasteiger partial charge in [0, 0.05) is 43.5 Å². The predicted molar refractivity (Wildman–Crippen MR) is 108 cm³/mol. The number of hydrogen-bond donors (Lipinski definition) is 2. The van der Waals surface area contributed by atoms with E-state index in [4.69, 9.17) is 4.98 Å². The van der Waals surface area contributed by atoms with Gasteiger partial charge < -0.3 is 10.2 Å². The lowest BCUT2D eigenvalue weighted by Crippen LogP contribution is -2.37. The number of carbonyl (C=O) groups is 1. The van der Waals surface area contributed by atoms with Crippen molar-refractivity contribution in [2.75, 3.05) is 18.0 Å². The molecule has 1 saturated heterocycles. The average molecular weight is 376 g/mol. The van der Waals surface area contributed by atoms with Gasteiger partial charge in [-0.2, -0.15) is 5.10 Å². The highest BCUT2D eigenvalue weighted by Gasteiger charge is 2.25.